The van der Waals surface area contributed by atoms with Crippen molar-refractivity contribution in [2.75, 3.05) is 20.3 Å². The van der Waals surface area contributed by atoms with Crippen LogP contribution in [-0.4, -0.2) is 50.9 Å². The zero-order valence-corrected chi connectivity index (χ0v) is 21.0. The second-order valence-electron chi connectivity index (χ2n) is 10.0. The van der Waals surface area contributed by atoms with Crippen molar-refractivity contribution in [2.45, 2.75) is 71.3 Å². The maximum absolute atomic E-state index is 5.18. The third kappa shape index (κ3) is 4.12. The topological polar surface area (TPSA) is 80.1 Å². The van der Waals surface area contributed by atoms with Gasteiger partial charge in [0.15, 0.2) is 5.65 Å². The Bertz CT molecular complexity index is 1300. The molecule has 1 aliphatic rings. The summed E-state index contributed by atoms with van der Waals surface area (Å²) < 4.78 is 7.06. The van der Waals surface area contributed by atoms with Gasteiger partial charge in [-0.3, -0.25) is 4.98 Å². The maximum atomic E-state index is 5.18. The highest BCUT2D eigenvalue weighted by molar-refractivity contribution is 5.92. The zero-order valence-electron chi connectivity index (χ0n) is 21.0. The van der Waals surface area contributed by atoms with Crippen LogP contribution < -0.4 is 5.32 Å². The van der Waals surface area contributed by atoms with E-state index in [1.165, 1.54) is 59.1 Å². The van der Waals surface area contributed by atoms with E-state index in [4.69, 9.17) is 9.72 Å². The molecule has 0 radical (unpaired) electrons. The van der Waals surface area contributed by atoms with Crippen LogP contribution in [0.4, 0.5) is 0 Å². The van der Waals surface area contributed by atoms with Crippen molar-refractivity contribution in [2.24, 2.45) is 0 Å². The third-order valence-corrected chi connectivity index (χ3v) is 7.60. The molecule has 0 atom stereocenters. The van der Waals surface area contributed by atoms with E-state index in [9.17, 15) is 0 Å². The van der Waals surface area contributed by atoms with Gasteiger partial charge in [0.2, 0.25) is 0 Å². The van der Waals surface area contributed by atoms with Gasteiger partial charge in [0.05, 0.1) is 24.0 Å². The first kappa shape index (κ1) is 23.0. The van der Waals surface area contributed by atoms with Crippen LogP contribution in [0.25, 0.3) is 27.8 Å². The SMILES string of the molecule is COCCNC1CCC(c2cc3c(C(C)C)c(-c4cn5ncnc5c(C)c4C)[nH]c3cn2)CC1. The number of nitrogens with zero attached hydrogens (tertiary/aromatic N) is 4. The molecule has 2 N–H and O–H groups in total. The molecule has 1 saturated carbocycles. The Kier molecular flexibility index (Phi) is 6.40. The maximum Gasteiger partial charge on any atom is 0.158 e. The van der Waals surface area contributed by atoms with E-state index < -0.39 is 0 Å². The number of H-pyrrole nitrogens is 1. The predicted molar refractivity (Wildman–Crippen MR) is 137 cm³/mol. The molecular weight excluding hydrogens is 424 g/mol. The lowest BCUT2D eigenvalue weighted by Crippen LogP contribution is -2.34. The molecular formula is C27H36N6O. The first-order valence-corrected chi connectivity index (χ1v) is 12.5. The molecule has 0 aliphatic heterocycles. The van der Waals surface area contributed by atoms with Gasteiger partial charge >= 0.3 is 0 Å². The molecule has 1 fully saturated rings. The summed E-state index contributed by atoms with van der Waals surface area (Å²) in [6.45, 7) is 10.6. The lowest BCUT2D eigenvalue weighted by Gasteiger charge is -2.29. The minimum Gasteiger partial charge on any atom is -0.383 e. The van der Waals surface area contributed by atoms with Crippen LogP contribution in [0.3, 0.4) is 0 Å². The van der Waals surface area contributed by atoms with Gasteiger partial charge in [-0.25, -0.2) is 9.50 Å². The van der Waals surface area contributed by atoms with Crippen LogP contribution in [0.15, 0.2) is 24.8 Å². The van der Waals surface area contributed by atoms with E-state index in [-0.39, 0.29) is 0 Å². The number of methoxy groups -OCH3 is 1. The lowest BCUT2D eigenvalue weighted by molar-refractivity contribution is 0.191. The Morgan fingerprint density at radius 3 is 2.68 bits per heavy atom. The molecule has 1 aliphatic carbocycles. The fourth-order valence-electron chi connectivity index (χ4n) is 5.58. The highest BCUT2D eigenvalue weighted by atomic mass is 16.5. The molecule has 4 aromatic rings. The number of fused-ring (bicyclic) bond motifs is 2. The average molecular weight is 461 g/mol. The number of hydrogen-bond acceptors (Lipinski definition) is 5. The fraction of sp³-hybridized carbons (Fsp3) is 0.519. The van der Waals surface area contributed by atoms with Gasteiger partial charge in [-0.05, 0) is 68.2 Å². The van der Waals surface area contributed by atoms with Crippen LogP contribution in [0.1, 0.15) is 73.8 Å². The summed E-state index contributed by atoms with van der Waals surface area (Å²) in [4.78, 5) is 13.1. The van der Waals surface area contributed by atoms with E-state index in [0.717, 1.165) is 29.9 Å². The second kappa shape index (κ2) is 9.47. The molecule has 0 bridgehead atoms. The summed E-state index contributed by atoms with van der Waals surface area (Å²) in [7, 11) is 1.76. The van der Waals surface area contributed by atoms with Crippen molar-refractivity contribution in [3.05, 3.63) is 47.2 Å². The van der Waals surface area contributed by atoms with E-state index in [1.54, 1.807) is 13.4 Å². The molecule has 7 nitrogen and oxygen atoms in total. The summed E-state index contributed by atoms with van der Waals surface area (Å²) in [5.41, 5.74) is 9.37. The molecule has 4 heterocycles. The largest absolute Gasteiger partial charge is 0.383 e. The number of pyridine rings is 2. The summed E-state index contributed by atoms with van der Waals surface area (Å²) in [6.07, 6.45) is 10.5. The first-order valence-electron chi connectivity index (χ1n) is 12.5. The second-order valence-corrected chi connectivity index (χ2v) is 10.0. The number of aromatic amines is 1. The van der Waals surface area contributed by atoms with Crippen molar-refractivity contribution in [3.8, 4) is 11.3 Å². The van der Waals surface area contributed by atoms with Gasteiger partial charge in [-0.15, -0.1) is 0 Å². The standard InChI is InChI=1S/C27H36N6O/c1-16(2)25-21-12-23(19-6-8-20(9-7-19)28-10-11-34-5)29-13-24(21)32-26(25)22-14-33-27(30-15-31-33)18(4)17(22)3/h12-16,19-20,28,32H,6-11H2,1-5H3. The third-order valence-electron chi connectivity index (χ3n) is 7.60. The lowest BCUT2D eigenvalue weighted by atomic mass is 9.83. The van der Waals surface area contributed by atoms with Gasteiger partial charge in [0.25, 0.3) is 0 Å². The highest BCUT2D eigenvalue weighted by Crippen LogP contribution is 2.40. The average Bonchev–Trinajstić information content (AvgIpc) is 3.46. The molecule has 0 unspecified atom stereocenters. The highest BCUT2D eigenvalue weighted by Gasteiger charge is 2.25. The van der Waals surface area contributed by atoms with Crippen molar-refractivity contribution in [1.29, 1.82) is 0 Å². The van der Waals surface area contributed by atoms with Gasteiger partial charge in [-0.2, -0.15) is 5.10 Å². The van der Waals surface area contributed by atoms with Gasteiger partial charge in [0.1, 0.15) is 6.33 Å². The molecule has 0 spiro atoms. The summed E-state index contributed by atoms with van der Waals surface area (Å²) in [5, 5.41) is 9.33. The van der Waals surface area contributed by atoms with Crippen LogP contribution in [0, 0.1) is 13.8 Å². The molecule has 0 aromatic carbocycles. The molecule has 0 amide bonds. The normalized spacial score (nSPS) is 19.0. The molecule has 0 saturated heterocycles. The van der Waals surface area contributed by atoms with Gasteiger partial charge < -0.3 is 15.0 Å². The van der Waals surface area contributed by atoms with Gasteiger partial charge in [0, 0.05) is 48.5 Å². The molecule has 180 valence electrons. The quantitative estimate of drug-likeness (QED) is 0.367. The number of rotatable bonds is 7. The smallest absolute Gasteiger partial charge is 0.158 e. The van der Waals surface area contributed by atoms with E-state index in [2.05, 4.69) is 60.3 Å². The first-order chi connectivity index (χ1) is 16.5. The Labute approximate surface area is 201 Å². The fourth-order valence-corrected chi connectivity index (χ4v) is 5.58. The number of hydrogen-bond donors (Lipinski definition) is 2. The van der Waals surface area contributed by atoms with Crippen molar-refractivity contribution in [3.63, 3.8) is 0 Å². The van der Waals surface area contributed by atoms with Crippen LogP contribution >= 0.6 is 0 Å². The predicted octanol–water partition coefficient (Wildman–Crippen LogP) is 5.28. The Morgan fingerprint density at radius 2 is 1.94 bits per heavy atom. The molecule has 5 rings (SSSR count). The zero-order chi connectivity index (χ0) is 23.8. The Hall–Kier alpha value is -2.77. The molecule has 4 aromatic heterocycles. The van der Waals surface area contributed by atoms with E-state index >= 15 is 0 Å². The Balaban J connectivity index is 1.49. The van der Waals surface area contributed by atoms with Gasteiger partial charge in [-0.1, -0.05) is 13.8 Å². The summed E-state index contributed by atoms with van der Waals surface area (Å²) >= 11 is 0. The number of nitrogens with one attached hydrogen (secondary N) is 2. The molecule has 7 heteroatoms. The Morgan fingerprint density at radius 1 is 1.15 bits per heavy atom. The number of ether oxygens (including phenoxy) is 1. The van der Waals surface area contributed by atoms with Crippen LogP contribution in [0.2, 0.25) is 0 Å². The number of aryl methyl sites for hydroxylation is 1. The van der Waals surface area contributed by atoms with E-state index in [1.807, 2.05) is 10.7 Å². The van der Waals surface area contributed by atoms with E-state index in [0.29, 0.717) is 17.9 Å². The van der Waals surface area contributed by atoms with Crippen molar-refractivity contribution >= 4 is 16.6 Å². The summed E-state index contributed by atoms with van der Waals surface area (Å²) in [5.74, 6) is 0.907. The number of aromatic nitrogens is 5. The minimum atomic E-state index is 0.380. The van der Waals surface area contributed by atoms with Crippen molar-refractivity contribution in [1.82, 2.24) is 29.9 Å². The van der Waals surface area contributed by atoms with Crippen molar-refractivity contribution < 1.29 is 4.74 Å². The van der Waals surface area contributed by atoms with Crippen LogP contribution in [0.5, 0.6) is 0 Å². The monoisotopic (exact) mass is 460 g/mol. The minimum absolute atomic E-state index is 0.380. The summed E-state index contributed by atoms with van der Waals surface area (Å²) in [6, 6.07) is 2.95. The molecule has 34 heavy (non-hydrogen) atoms. The van der Waals surface area contributed by atoms with Crippen LogP contribution in [-0.2, 0) is 4.74 Å².